The van der Waals surface area contributed by atoms with Gasteiger partial charge in [0, 0.05) is 31.7 Å². The van der Waals surface area contributed by atoms with Crippen molar-refractivity contribution in [2.45, 2.75) is 43.6 Å². The Morgan fingerprint density at radius 2 is 1.81 bits per heavy atom. The highest BCUT2D eigenvalue weighted by Gasteiger charge is 2.44. The Kier molecular flexibility index (Phi) is 5.65. The van der Waals surface area contributed by atoms with Crippen molar-refractivity contribution in [3.8, 4) is 17.6 Å². The summed E-state index contributed by atoms with van der Waals surface area (Å²) in [6.07, 6.45) is 5.21. The van der Waals surface area contributed by atoms with E-state index in [1.165, 1.54) is 6.08 Å². The van der Waals surface area contributed by atoms with Crippen LogP contribution in [0.1, 0.15) is 43.7 Å². The van der Waals surface area contributed by atoms with Gasteiger partial charge in [0.1, 0.15) is 11.3 Å². The summed E-state index contributed by atoms with van der Waals surface area (Å²) in [6, 6.07) is 3.75. The van der Waals surface area contributed by atoms with Crippen LogP contribution in [0.2, 0.25) is 5.02 Å². The van der Waals surface area contributed by atoms with E-state index in [0.717, 1.165) is 36.8 Å². The zero-order valence-corrected chi connectivity index (χ0v) is 18.8. The summed E-state index contributed by atoms with van der Waals surface area (Å²) in [6.45, 7) is 7.79. The summed E-state index contributed by atoms with van der Waals surface area (Å²) in [4.78, 5) is 28.0. The molecule has 0 spiro atoms. The van der Waals surface area contributed by atoms with Crippen molar-refractivity contribution in [3.63, 3.8) is 0 Å². The second-order valence-corrected chi connectivity index (χ2v) is 9.28. The van der Waals surface area contributed by atoms with E-state index in [1.807, 2.05) is 12.1 Å². The Labute approximate surface area is 188 Å². The van der Waals surface area contributed by atoms with E-state index in [2.05, 4.69) is 30.7 Å². The standard InChI is InChI=1S/C24H28ClN3O3/c1-4-21(29)27-11-13-28(14-12-27)22(30)26-24(9-10-24)6-5-17-15-20(31-3)19(25)16-18(17)23(2)7-8-23/h4,15-16H,1,7-14H2,2-3H3,(H,26,30). The van der Waals surface area contributed by atoms with Gasteiger partial charge in [-0.05, 0) is 54.9 Å². The topological polar surface area (TPSA) is 61.9 Å². The molecule has 0 unspecified atom stereocenters. The van der Waals surface area contributed by atoms with Gasteiger partial charge in [-0.25, -0.2) is 4.79 Å². The molecule has 3 fully saturated rings. The van der Waals surface area contributed by atoms with Crippen LogP contribution < -0.4 is 10.1 Å². The molecular formula is C24H28ClN3O3. The Morgan fingerprint density at radius 1 is 1.16 bits per heavy atom. The highest BCUT2D eigenvalue weighted by atomic mass is 35.5. The van der Waals surface area contributed by atoms with Gasteiger partial charge in [0.25, 0.3) is 0 Å². The summed E-state index contributed by atoms with van der Waals surface area (Å²) >= 11 is 6.37. The molecule has 0 aromatic heterocycles. The number of ether oxygens (including phenoxy) is 1. The van der Waals surface area contributed by atoms with Crippen molar-refractivity contribution < 1.29 is 14.3 Å². The zero-order chi connectivity index (χ0) is 22.2. The molecule has 1 aromatic rings. The third-order valence-corrected chi connectivity index (χ3v) is 6.82. The van der Waals surface area contributed by atoms with Crippen LogP contribution in [0.15, 0.2) is 24.8 Å². The summed E-state index contributed by atoms with van der Waals surface area (Å²) in [5.74, 6) is 7.15. The Hall–Kier alpha value is -2.65. The number of urea groups is 1. The molecule has 2 saturated carbocycles. The molecule has 3 aliphatic rings. The van der Waals surface area contributed by atoms with Crippen LogP contribution in [0.4, 0.5) is 4.79 Å². The second kappa shape index (κ2) is 8.12. The minimum absolute atomic E-state index is 0.0943. The van der Waals surface area contributed by atoms with Crippen LogP contribution in [0.3, 0.4) is 0 Å². The molecule has 3 amide bonds. The highest BCUT2D eigenvalue weighted by Crippen LogP contribution is 2.50. The first-order chi connectivity index (χ1) is 14.8. The van der Waals surface area contributed by atoms with Gasteiger partial charge in [0.05, 0.1) is 12.1 Å². The number of amides is 3. The molecule has 1 heterocycles. The molecule has 31 heavy (non-hydrogen) atoms. The Morgan fingerprint density at radius 3 is 2.35 bits per heavy atom. The van der Waals surface area contributed by atoms with Gasteiger partial charge in [0.2, 0.25) is 5.91 Å². The molecule has 6 nitrogen and oxygen atoms in total. The van der Waals surface area contributed by atoms with Crippen LogP contribution in [0, 0.1) is 11.8 Å². The summed E-state index contributed by atoms with van der Waals surface area (Å²) in [7, 11) is 1.60. The smallest absolute Gasteiger partial charge is 0.318 e. The first-order valence-corrected chi connectivity index (χ1v) is 11.1. The lowest BCUT2D eigenvalue weighted by molar-refractivity contribution is -0.127. The number of piperazine rings is 1. The maximum atomic E-state index is 12.8. The molecule has 0 bridgehead atoms. The van der Waals surface area contributed by atoms with E-state index in [1.54, 1.807) is 16.9 Å². The number of benzene rings is 1. The van der Waals surface area contributed by atoms with Crippen molar-refractivity contribution in [1.29, 1.82) is 0 Å². The van der Waals surface area contributed by atoms with Gasteiger partial charge in [-0.3, -0.25) is 4.79 Å². The van der Waals surface area contributed by atoms with Crippen LogP contribution in [0.25, 0.3) is 0 Å². The minimum Gasteiger partial charge on any atom is -0.495 e. The third-order valence-electron chi connectivity index (χ3n) is 6.53. The van der Waals surface area contributed by atoms with Crippen LogP contribution in [0.5, 0.6) is 5.75 Å². The van der Waals surface area contributed by atoms with Gasteiger partial charge in [-0.2, -0.15) is 0 Å². The molecule has 1 aromatic carbocycles. The molecule has 4 rings (SSSR count). The van der Waals surface area contributed by atoms with E-state index in [9.17, 15) is 9.59 Å². The monoisotopic (exact) mass is 441 g/mol. The molecule has 0 radical (unpaired) electrons. The van der Waals surface area contributed by atoms with Crippen LogP contribution in [-0.4, -0.2) is 60.6 Å². The molecule has 7 heteroatoms. The van der Waals surface area contributed by atoms with E-state index < -0.39 is 5.54 Å². The minimum atomic E-state index is -0.486. The predicted molar refractivity (Wildman–Crippen MR) is 120 cm³/mol. The van der Waals surface area contributed by atoms with E-state index in [0.29, 0.717) is 37.0 Å². The zero-order valence-electron chi connectivity index (χ0n) is 18.1. The van der Waals surface area contributed by atoms with Crippen LogP contribution >= 0.6 is 11.6 Å². The SMILES string of the molecule is C=CC(=O)N1CCN(C(=O)NC2(C#Cc3cc(OC)c(Cl)cc3C3(C)CC3)CC2)CC1. The Bertz CT molecular complexity index is 978. The third kappa shape index (κ3) is 4.52. The number of carbonyl (C=O) groups excluding carboxylic acids is 2. The number of nitrogens with zero attached hydrogens (tertiary/aromatic N) is 2. The van der Waals surface area contributed by atoms with Gasteiger partial charge >= 0.3 is 6.03 Å². The van der Waals surface area contributed by atoms with Gasteiger partial charge in [-0.1, -0.05) is 36.9 Å². The number of methoxy groups -OCH3 is 1. The average Bonchev–Trinajstić information content (AvgIpc) is 3.71. The van der Waals surface area contributed by atoms with E-state index in [-0.39, 0.29) is 17.4 Å². The fourth-order valence-corrected chi connectivity index (χ4v) is 4.15. The van der Waals surface area contributed by atoms with Gasteiger partial charge in [0.15, 0.2) is 0 Å². The highest BCUT2D eigenvalue weighted by molar-refractivity contribution is 6.32. The van der Waals surface area contributed by atoms with Crippen molar-refractivity contribution in [2.75, 3.05) is 33.3 Å². The lowest BCUT2D eigenvalue weighted by atomic mass is 9.93. The normalized spacial score (nSPS) is 20.2. The fourth-order valence-electron chi connectivity index (χ4n) is 3.91. The quantitative estimate of drug-likeness (QED) is 0.576. The van der Waals surface area contributed by atoms with Crippen molar-refractivity contribution in [3.05, 3.63) is 40.9 Å². The van der Waals surface area contributed by atoms with E-state index >= 15 is 0 Å². The second-order valence-electron chi connectivity index (χ2n) is 8.87. The maximum absolute atomic E-state index is 12.8. The number of halogens is 1. The molecule has 164 valence electrons. The average molecular weight is 442 g/mol. The first-order valence-electron chi connectivity index (χ1n) is 10.7. The van der Waals surface area contributed by atoms with Crippen molar-refractivity contribution >= 4 is 23.5 Å². The summed E-state index contributed by atoms with van der Waals surface area (Å²) in [5, 5.41) is 3.71. The fraction of sp³-hybridized carbons (Fsp3) is 0.500. The molecule has 1 aliphatic heterocycles. The first kappa shape index (κ1) is 21.6. The van der Waals surface area contributed by atoms with Crippen molar-refractivity contribution in [2.24, 2.45) is 0 Å². The number of nitrogens with one attached hydrogen (secondary N) is 1. The maximum Gasteiger partial charge on any atom is 0.318 e. The number of rotatable bonds is 4. The number of carbonyl (C=O) groups is 2. The molecular weight excluding hydrogens is 414 g/mol. The molecule has 0 atom stereocenters. The molecule has 1 saturated heterocycles. The number of hydrogen-bond donors (Lipinski definition) is 1. The van der Waals surface area contributed by atoms with Crippen LogP contribution in [-0.2, 0) is 10.2 Å². The Balaban J connectivity index is 1.46. The van der Waals surface area contributed by atoms with Gasteiger partial charge in [-0.15, -0.1) is 0 Å². The molecule has 1 N–H and O–H groups in total. The van der Waals surface area contributed by atoms with Gasteiger partial charge < -0.3 is 19.9 Å². The number of hydrogen-bond acceptors (Lipinski definition) is 3. The predicted octanol–water partition coefficient (Wildman–Crippen LogP) is 3.32. The molecule has 2 aliphatic carbocycles. The lowest BCUT2D eigenvalue weighted by Gasteiger charge is -2.34. The van der Waals surface area contributed by atoms with E-state index in [4.69, 9.17) is 16.3 Å². The lowest BCUT2D eigenvalue weighted by Crippen LogP contribution is -2.54. The summed E-state index contributed by atoms with van der Waals surface area (Å²) < 4.78 is 5.39. The summed E-state index contributed by atoms with van der Waals surface area (Å²) in [5.41, 5.74) is 1.69. The largest absolute Gasteiger partial charge is 0.495 e. The van der Waals surface area contributed by atoms with Crippen molar-refractivity contribution in [1.82, 2.24) is 15.1 Å².